The molecule has 146 valence electrons. The molecule has 8 heteroatoms. The molecule has 7 nitrogen and oxygen atoms in total. The van der Waals surface area contributed by atoms with Crippen LogP contribution >= 0.6 is 11.6 Å². The summed E-state index contributed by atoms with van der Waals surface area (Å²) in [5, 5.41) is 2.90. The molecule has 0 aromatic carbocycles. The van der Waals surface area contributed by atoms with Crippen molar-refractivity contribution >= 4 is 23.5 Å². The molecule has 0 spiro atoms. The van der Waals surface area contributed by atoms with Crippen LogP contribution in [-0.4, -0.2) is 35.3 Å². The molecule has 0 bridgehead atoms. The summed E-state index contributed by atoms with van der Waals surface area (Å²) < 4.78 is 10.3. The number of ether oxygens (including phenoxy) is 2. The summed E-state index contributed by atoms with van der Waals surface area (Å²) in [6.45, 7) is 6.49. The number of nitrogens with two attached hydrogens (primary N) is 1. The standard InChI is InChI=1S/C19H25ClN4O3/c1-12(2)9-19(3,21)11-27-17-15(20)7-14(10-23-17)13-5-6-22-16(8-13)24-18(25)26-4/h5-8,10,12H,9,11,21H2,1-4H3,(H,22,24,25)/t19-/m1/s1. The van der Waals surface area contributed by atoms with E-state index in [2.05, 4.69) is 33.9 Å². The number of nitrogens with zero attached hydrogens (tertiary/aromatic N) is 2. The second-order valence-corrected chi connectivity index (χ2v) is 7.51. The third-order valence-electron chi connectivity index (χ3n) is 3.73. The molecule has 0 aliphatic carbocycles. The summed E-state index contributed by atoms with van der Waals surface area (Å²) in [7, 11) is 1.29. The van der Waals surface area contributed by atoms with Gasteiger partial charge in [-0.05, 0) is 43.0 Å². The van der Waals surface area contributed by atoms with Crippen molar-refractivity contribution < 1.29 is 14.3 Å². The zero-order valence-corrected chi connectivity index (χ0v) is 16.7. The number of rotatable bonds is 7. The second kappa shape index (κ2) is 9.01. The molecule has 3 N–H and O–H groups in total. The summed E-state index contributed by atoms with van der Waals surface area (Å²) >= 11 is 6.33. The molecule has 1 atom stereocenters. The first-order valence-corrected chi connectivity index (χ1v) is 8.96. The van der Waals surface area contributed by atoms with Crippen molar-refractivity contribution in [3.05, 3.63) is 35.6 Å². The van der Waals surface area contributed by atoms with Gasteiger partial charge in [0.05, 0.1) is 7.11 Å². The van der Waals surface area contributed by atoms with Gasteiger partial charge in [-0.25, -0.2) is 14.8 Å². The van der Waals surface area contributed by atoms with Crippen molar-refractivity contribution in [2.24, 2.45) is 11.7 Å². The molecule has 0 fully saturated rings. The van der Waals surface area contributed by atoms with Crippen molar-refractivity contribution in [3.63, 3.8) is 0 Å². The third-order valence-corrected chi connectivity index (χ3v) is 4.00. The van der Waals surface area contributed by atoms with E-state index in [-0.39, 0.29) is 0 Å². The molecule has 0 saturated carbocycles. The lowest BCUT2D eigenvalue weighted by molar-refractivity contribution is 0.187. The van der Waals surface area contributed by atoms with Gasteiger partial charge in [-0.15, -0.1) is 0 Å². The molecule has 0 aliphatic heterocycles. The number of anilines is 1. The van der Waals surface area contributed by atoms with Crippen LogP contribution in [0.25, 0.3) is 11.1 Å². The van der Waals surface area contributed by atoms with Crippen LogP contribution in [0.15, 0.2) is 30.6 Å². The van der Waals surface area contributed by atoms with E-state index in [0.29, 0.717) is 29.2 Å². The van der Waals surface area contributed by atoms with Crippen molar-refractivity contribution in [2.45, 2.75) is 32.7 Å². The summed E-state index contributed by atoms with van der Waals surface area (Å²) in [6.07, 6.45) is 3.46. The molecule has 0 saturated heterocycles. The van der Waals surface area contributed by atoms with Crippen molar-refractivity contribution in [1.82, 2.24) is 9.97 Å². The van der Waals surface area contributed by atoms with Gasteiger partial charge < -0.3 is 15.2 Å². The van der Waals surface area contributed by atoms with Gasteiger partial charge in [0, 0.05) is 23.5 Å². The highest BCUT2D eigenvalue weighted by molar-refractivity contribution is 6.32. The topological polar surface area (TPSA) is 99.4 Å². The lowest BCUT2D eigenvalue weighted by atomic mass is 9.93. The van der Waals surface area contributed by atoms with Crippen LogP contribution in [-0.2, 0) is 4.74 Å². The van der Waals surface area contributed by atoms with Crippen LogP contribution in [0.2, 0.25) is 5.02 Å². The molecule has 0 aliphatic rings. The highest BCUT2D eigenvalue weighted by atomic mass is 35.5. The fraction of sp³-hybridized carbons (Fsp3) is 0.421. The second-order valence-electron chi connectivity index (χ2n) is 7.10. The van der Waals surface area contributed by atoms with Gasteiger partial charge in [0.15, 0.2) is 0 Å². The Morgan fingerprint density at radius 1 is 1.33 bits per heavy atom. The number of amides is 1. The van der Waals surface area contributed by atoms with Gasteiger partial charge in [0.25, 0.3) is 0 Å². The average Bonchev–Trinajstić information content (AvgIpc) is 2.59. The number of pyridine rings is 2. The van der Waals surface area contributed by atoms with Crippen molar-refractivity contribution in [2.75, 3.05) is 19.0 Å². The molecule has 0 radical (unpaired) electrons. The summed E-state index contributed by atoms with van der Waals surface area (Å²) in [5.41, 5.74) is 7.35. The maximum Gasteiger partial charge on any atom is 0.412 e. The number of aromatic nitrogens is 2. The minimum Gasteiger partial charge on any atom is -0.475 e. The fourth-order valence-electron chi connectivity index (χ4n) is 2.75. The Balaban J connectivity index is 2.12. The normalized spacial score (nSPS) is 13.1. The highest BCUT2D eigenvalue weighted by Crippen LogP contribution is 2.29. The summed E-state index contributed by atoms with van der Waals surface area (Å²) in [5.74, 6) is 1.17. The van der Waals surface area contributed by atoms with Crippen LogP contribution in [0.1, 0.15) is 27.2 Å². The molecule has 2 aromatic rings. The van der Waals surface area contributed by atoms with E-state index in [1.807, 2.05) is 6.92 Å². The molecule has 2 heterocycles. The van der Waals surface area contributed by atoms with E-state index in [0.717, 1.165) is 17.5 Å². The predicted molar refractivity (Wildman–Crippen MR) is 106 cm³/mol. The first-order chi connectivity index (χ1) is 12.7. The first kappa shape index (κ1) is 20.9. The van der Waals surface area contributed by atoms with Crippen molar-refractivity contribution in [3.8, 4) is 17.0 Å². The van der Waals surface area contributed by atoms with Crippen LogP contribution in [0.4, 0.5) is 10.6 Å². The van der Waals surface area contributed by atoms with Gasteiger partial charge >= 0.3 is 6.09 Å². The van der Waals surface area contributed by atoms with Gasteiger partial charge in [0.2, 0.25) is 5.88 Å². The fourth-order valence-corrected chi connectivity index (χ4v) is 2.97. The number of hydrogen-bond acceptors (Lipinski definition) is 6. The SMILES string of the molecule is COC(=O)Nc1cc(-c2cnc(OC[C@](C)(N)CC(C)C)c(Cl)c2)ccn1. The number of carbonyl (C=O) groups is 1. The van der Waals surface area contributed by atoms with E-state index < -0.39 is 11.6 Å². The smallest absolute Gasteiger partial charge is 0.412 e. The average molecular weight is 393 g/mol. The van der Waals surface area contributed by atoms with Gasteiger partial charge in [-0.1, -0.05) is 25.4 Å². The van der Waals surface area contributed by atoms with Crippen LogP contribution in [0.5, 0.6) is 5.88 Å². The third kappa shape index (κ3) is 6.37. The number of nitrogens with one attached hydrogen (secondary N) is 1. The van der Waals surface area contributed by atoms with E-state index in [1.54, 1.807) is 30.6 Å². The molecular weight excluding hydrogens is 368 g/mol. The van der Waals surface area contributed by atoms with E-state index >= 15 is 0 Å². The maximum absolute atomic E-state index is 11.3. The number of methoxy groups -OCH3 is 1. The van der Waals surface area contributed by atoms with Crippen LogP contribution in [0.3, 0.4) is 0 Å². The Kier molecular flexibility index (Phi) is 6.98. The molecule has 27 heavy (non-hydrogen) atoms. The van der Waals surface area contributed by atoms with E-state index in [1.165, 1.54) is 7.11 Å². The summed E-state index contributed by atoms with van der Waals surface area (Å²) in [6, 6.07) is 5.23. The van der Waals surface area contributed by atoms with E-state index in [4.69, 9.17) is 22.1 Å². The Labute approximate surface area is 164 Å². The Bertz CT molecular complexity index is 796. The van der Waals surface area contributed by atoms with Gasteiger partial charge in [-0.3, -0.25) is 5.32 Å². The molecular formula is C19H25ClN4O3. The van der Waals surface area contributed by atoms with Crippen LogP contribution in [0, 0.1) is 5.92 Å². The summed E-state index contributed by atoms with van der Waals surface area (Å²) in [4.78, 5) is 19.7. The largest absolute Gasteiger partial charge is 0.475 e. The number of halogens is 1. The molecule has 2 rings (SSSR count). The lowest BCUT2D eigenvalue weighted by Crippen LogP contribution is -2.43. The Hall–Kier alpha value is -2.38. The van der Waals surface area contributed by atoms with Gasteiger partial charge in [-0.2, -0.15) is 0 Å². The van der Waals surface area contributed by atoms with Crippen molar-refractivity contribution in [1.29, 1.82) is 0 Å². The monoisotopic (exact) mass is 392 g/mol. The first-order valence-electron chi connectivity index (χ1n) is 8.59. The van der Waals surface area contributed by atoms with E-state index in [9.17, 15) is 4.79 Å². The zero-order valence-electron chi connectivity index (χ0n) is 16.0. The molecule has 0 unspecified atom stereocenters. The zero-order chi connectivity index (χ0) is 20.0. The molecule has 2 aromatic heterocycles. The van der Waals surface area contributed by atoms with Crippen LogP contribution < -0.4 is 15.8 Å². The Morgan fingerprint density at radius 3 is 2.70 bits per heavy atom. The highest BCUT2D eigenvalue weighted by Gasteiger charge is 2.22. The lowest BCUT2D eigenvalue weighted by Gasteiger charge is -2.26. The minimum atomic E-state index is -0.592. The quantitative estimate of drug-likeness (QED) is 0.735. The maximum atomic E-state index is 11.3. The molecule has 1 amide bonds. The predicted octanol–water partition coefficient (Wildman–Crippen LogP) is 4.12. The number of carbonyl (C=O) groups excluding carboxylic acids is 1. The minimum absolute atomic E-state index is 0.319. The Morgan fingerprint density at radius 2 is 2.07 bits per heavy atom. The van der Waals surface area contributed by atoms with Gasteiger partial charge in [0.1, 0.15) is 17.4 Å². The number of hydrogen-bond donors (Lipinski definition) is 2.